The molecule has 0 aliphatic heterocycles. The summed E-state index contributed by atoms with van der Waals surface area (Å²) < 4.78 is 25.9. The zero-order valence-corrected chi connectivity index (χ0v) is 9.22. The molecular formula is C14H12F2. The fraction of sp³-hybridized carbons (Fsp3) is 0.143. The van der Waals surface area contributed by atoms with E-state index in [1.807, 2.05) is 32.0 Å². The van der Waals surface area contributed by atoms with Gasteiger partial charge < -0.3 is 0 Å². The molecule has 2 rings (SSSR count). The lowest BCUT2D eigenvalue weighted by Crippen LogP contribution is -1.87. The quantitative estimate of drug-likeness (QED) is 0.671. The third kappa shape index (κ3) is 1.96. The minimum Gasteiger partial charge on any atom is -0.204 e. The van der Waals surface area contributed by atoms with Gasteiger partial charge in [-0.15, -0.1) is 0 Å². The van der Waals surface area contributed by atoms with Gasteiger partial charge in [0.15, 0.2) is 11.6 Å². The summed E-state index contributed by atoms with van der Waals surface area (Å²) in [5.74, 6) is -1.62. The summed E-state index contributed by atoms with van der Waals surface area (Å²) in [5, 5.41) is 0. The van der Waals surface area contributed by atoms with Crippen LogP contribution in [0.5, 0.6) is 0 Å². The van der Waals surface area contributed by atoms with Crippen LogP contribution in [0.15, 0.2) is 36.4 Å². The first-order valence-corrected chi connectivity index (χ1v) is 5.10. The van der Waals surface area contributed by atoms with Crippen LogP contribution in [0.2, 0.25) is 0 Å². The van der Waals surface area contributed by atoms with Crippen molar-refractivity contribution in [2.75, 3.05) is 0 Å². The average molecular weight is 218 g/mol. The van der Waals surface area contributed by atoms with Gasteiger partial charge in [-0.1, -0.05) is 24.3 Å². The summed E-state index contributed by atoms with van der Waals surface area (Å²) >= 11 is 0. The zero-order chi connectivity index (χ0) is 11.7. The van der Waals surface area contributed by atoms with Crippen molar-refractivity contribution in [2.45, 2.75) is 13.8 Å². The second-order valence-electron chi connectivity index (χ2n) is 3.93. The molecule has 0 saturated carbocycles. The Balaban J connectivity index is 2.50. The van der Waals surface area contributed by atoms with Gasteiger partial charge in [-0.05, 0) is 48.2 Å². The first-order valence-electron chi connectivity index (χ1n) is 5.10. The smallest absolute Gasteiger partial charge is 0.159 e. The van der Waals surface area contributed by atoms with Gasteiger partial charge in [-0.2, -0.15) is 0 Å². The van der Waals surface area contributed by atoms with E-state index in [9.17, 15) is 8.78 Å². The highest BCUT2D eigenvalue weighted by molar-refractivity contribution is 5.64. The third-order valence-corrected chi connectivity index (χ3v) is 2.76. The molecule has 0 radical (unpaired) electrons. The van der Waals surface area contributed by atoms with Gasteiger partial charge in [0, 0.05) is 0 Å². The number of benzene rings is 2. The predicted molar refractivity (Wildman–Crippen MR) is 61.3 cm³/mol. The van der Waals surface area contributed by atoms with Crippen molar-refractivity contribution in [3.05, 3.63) is 59.2 Å². The Morgan fingerprint density at radius 3 is 1.94 bits per heavy atom. The van der Waals surface area contributed by atoms with Gasteiger partial charge in [0.1, 0.15) is 0 Å². The standard InChI is InChI=1S/C14H12F2/c1-9-3-4-11(7-10(9)2)12-5-6-13(15)14(16)8-12/h3-8H,1-2H3. The maximum atomic E-state index is 13.1. The Hall–Kier alpha value is -1.70. The van der Waals surface area contributed by atoms with Gasteiger partial charge in [0.2, 0.25) is 0 Å². The van der Waals surface area contributed by atoms with Crippen molar-refractivity contribution in [1.29, 1.82) is 0 Å². The third-order valence-electron chi connectivity index (χ3n) is 2.76. The van der Waals surface area contributed by atoms with Crippen molar-refractivity contribution >= 4 is 0 Å². The number of halogens is 2. The molecular weight excluding hydrogens is 206 g/mol. The zero-order valence-electron chi connectivity index (χ0n) is 9.22. The highest BCUT2D eigenvalue weighted by Gasteiger charge is 2.05. The lowest BCUT2D eigenvalue weighted by atomic mass is 10.0. The number of rotatable bonds is 1. The van der Waals surface area contributed by atoms with Crippen molar-refractivity contribution < 1.29 is 8.78 Å². The molecule has 0 N–H and O–H groups in total. The van der Waals surface area contributed by atoms with Gasteiger partial charge in [-0.3, -0.25) is 0 Å². The summed E-state index contributed by atoms with van der Waals surface area (Å²) in [6.07, 6.45) is 0. The van der Waals surface area contributed by atoms with E-state index in [1.54, 1.807) is 6.07 Å². The molecule has 2 aromatic rings. The summed E-state index contributed by atoms with van der Waals surface area (Å²) in [6.45, 7) is 4.02. The Morgan fingerprint density at radius 2 is 1.31 bits per heavy atom. The summed E-state index contributed by atoms with van der Waals surface area (Å²) in [6, 6.07) is 9.82. The normalized spacial score (nSPS) is 10.5. The second-order valence-corrected chi connectivity index (χ2v) is 3.93. The van der Waals surface area contributed by atoms with Crippen LogP contribution >= 0.6 is 0 Å². The summed E-state index contributed by atoms with van der Waals surface area (Å²) in [7, 11) is 0. The molecule has 0 fully saturated rings. The molecule has 0 aromatic heterocycles. The molecule has 0 atom stereocenters. The van der Waals surface area contributed by atoms with Crippen LogP contribution < -0.4 is 0 Å². The molecule has 0 aliphatic carbocycles. The first-order chi connectivity index (χ1) is 7.58. The van der Waals surface area contributed by atoms with E-state index in [-0.39, 0.29) is 0 Å². The molecule has 82 valence electrons. The van der Waals surface area contributed by atoms with Crippen molar-refractivity contribution in [1.82, 2.24) is 0 Å². The maximum absolute atomic E-state index is 13.1. The van der Waals surface area contributed by atoms with Crippen LogP contribution in [0.3, 0.4) is 0 Å². The van der Waals surface area contributed by atoms with E-state index in [1.165, 1.54) is 11.6 Å². The largest absolute Gasteiger partial charge is 0.204 e. The van der Waals surface area contributed by atoms with Crippen molar-refractivity contribution in [2.24, 2.45) is 0 Å². The molecule has 16 heavy (non-hydrogen) atoms. The van der Waals surface area contributed by atoms with Gasteiger partial charge >= 0.3 is 0 Å². The summed E-state index contributed by atoms with van der Waals surface area (Å²) in [4.78, 5) is 0. The SMILES string of the molecule is Cc1ccc(-c2ccc(F)c(F)c2)cc1C. The number of hydrogen-bond acceptors (Lipinski definition) is 0. The van der Waals surface area contributed by atoms with Crippen LogP contribution in [0.25, 0.3) is 11.1 Å². The van der Waals surface area contributed by atoms with E-state index < -0.39 is 11.6 Å². The van der Waals surface area contributed by atoms with E-state index in [2.05, 4.69) is 0 Å². The predicted octanol–water partition coefficient (Wildman–Crippen LogP) is 4.25. The fourth-order valence-electron chi connectivity index (χ4n) is 1.60. The van der Waals surface area contributed by atoms with E-state index in [0.29, 0.717) is 5.56 Å². The molecule has 2 heteroatoms. The Bertz CT molecular complexity index is 481. The van der Waals surface area contributed by atoms with Gasteiger partial charge in [0.05, 0.1) is 0 Å². The molecule has 0 aliphatic rings. The van der Waals surface area contributed by atoms with Crippen molar-refractivity contribution in [3.8, 4) is 11.1 Å². The molecule has 2 aromatic carbocycles. The topological polar surface area (TPSA) is 0 Å². The average Bonchev–Trinajstić information content (AvgIpc) is 2.26. The molecule has 0 nitrogen and oxygen atoms in total. The van der Waals surface area contributed by atoms with Crippen LogP contribution in [-0.4, -0.2) is 0 Å². The van der Waals surface area contributed by atoms with Gasteiger partial charge in [-0.25, -0.2) is 8.78 Å². The molecule has 0 unspecified atom stereocenters. The van der Waals surface area contributed by atoms with Crippen LogP contribution in [-0.2, 0) is 0 Å². The monoisotopic (exact) mass is 218 g/mol. The van der Waals surface area contributed by atoms with Crippen LogP contribution in [0, 0.1) is 25.5 Å². The van der Waals surface area contributed by atoms with E-state index in [0.717, 1.165) is 17.2 Å². The number of aryl methyl sites for hydroxylation is 2. The first kappa shape index (κ1) is 10.8. The molecule has 0 bridgehead atoms. The highest BCUT2D eigenvalue weighted by Crippen LogP contribution is 2.23. The van der Waals surface area contributed by atoms with E-state index in [4.69, 9.17) is 0 Å². The minimum absolute atomic E-state index is 0.696. The van der Waals surface area contributed by atoms with E-state index >= 15 is 0 Å². The molecule has 0 spiro atoms. The van der Waals surface area contributed by atoms with Gasteiger partial charge in [0.25, 0.3) is 0 Å². The fourth-order valence-corrected chi connectivity index (χ4v) is 1.60. The van der Waals surface area contributed by atoms with Crippen LogP contribution in [0.4, 0.5) is 8.78 Å². The van der Waals surface area contributed by atoms with Crippen LogP contribution in [0.1, 0.15) is 11.1 Å². The lowest BCUT2D eigenvalue weighted by molar-refractivity contribution is 0.509. The Kier molecular flexibility index (Phi) is 2.73. The Labute approximate surface area is 93.5 Å². The lowest BCUT2D eigenvalue weighted by Gasteiger charge is -2.05. The Morgan fingerprint density at radius 1 is 0.688 bits per heavy atom. The maximum Gasteiger partial charge on any atom is 0.159 e. The second kappa shape index (κ2) is 4.05. The number of hydrogen-bond donors (Lipinski definition) is 0. The van der Waals surface area contributed by atoms with Crippen molar-refractivity contribution in [3.63, 3.8) is 0 Å². The molecule has 0 amide bonds. The molecule has 0 heterocycles. The highest BCUT2D eigenvalue weighted by atomic mass is 19.2. The minimum atomic E-state index is -0.812. The molecule has 0 saturated heterocycles. The summed E-state index contributed by atoms with van der Waals surface area (Å²) in [5.41, 5.74) is 3.93.